The van der Waals surface area contributed by atoms with E-state index >= 15 is 0 Å². The van der Waals surface area contributed by atoms with Gasteiger partial charge in [-0.05, 0) is 24.3 Å². The van der Waals surface area contributed by atoms with Crippen molar-refractivity contribution in [3.05, 3.63) is 30.3 Å². The predicted octanol–water partition coefficient (Wildman–Crippen LogP) is 2.34. The zero-order chi connectivity index (χ0) is 7.26. The average molecular weight is 143 g/mol. The van der Waals surface area contributed by atoms with E-state index < -0.39 is 0 Å². The molecule has 0 fully saturated rings. The molecule has 5 rings (SSSR count). The van der Waals surface area contributed by atoms with Gasteiger partial charge in [0.05, 0.1) is 5.52 Å². The van der Waals surface area contributed by atoms with Crippen LogP contribution in [-0.4, -0.2) is 4.98 Å². The molecule has 11 heavy (non-hydrogen) atoms. The summed E-state index contributed by atoms with van der Waals surface area (Å²) in [6.07, 6.45) is 0. The second-order valence-electron chi connectivity index (χ2n) is 2.61. The summed E-state index contributed by atoms with van der Waals surface area (Å²) in [4.78, 5) is 4.25. The maximum absolute atomic E-state index is 5.39. The van der Waals surface area contributed by atoms with Crippen LogP contribution in [0.4, 0.5) is 0 Å². The van der Waals surface area contributed by atoms with E-state index in [1.165, 1.54) is 0 Å². The molecule has 1 aromatic carbocycles. The van der Waals surface area contributed by atoms with Crippen LogP contribution < -0.4 is 4.74 Å². The standard InChI is InChI=1S/C9H5NO/c1-4-9-10-8-3-2-7(11-9)5-6(1)8/h1-5H. The third kappa shape index (κ3) is 0.584. The van der Waals surface area contributed by atoms with E-state index in [2.05, 4.69) is 4.98 Å². The van der Waals surface area contributed by atoms with Crippen molar-refractivity contribution < 1.29 is 4.74 Å². The van der Waals surface area contributed by atoms with Gasteiger partial charge in [-0.2, -0.15) is 0 Å². The van der Waals surface area contributed by atoms with Crippen LogP contribution in [0.5, 0.6) is 11.6 Å². The zero-order valence-electron chi connectivity index (χ0n) is 5.74. The Kier molecular flexibility index (Phi) is 0.714. The number of hydrogen-bond acceptors (Lipinski definition) is 2. The molecular weight excluding hydrogens is 138 g/mol. The number of rotatable bonds is 0. The number of nitrogens with zero attached hydrogens (tertiary/aromatic N) is 1. The van der Waals surface area contributed by atoms with Crippen LogP contribution in [0.15, 0.2) is 30.3 Å². The minimum Gasteiger partial charge on any atom is -0.439 e. The van der Waals surface area contributed by atoms with Crippen LogP contribution in [0.2, 0.25) is 0 Å². The van der Waals surface area contributed by atoms with Crippen molar-refractivity contribution in [3.8, 4) is 11.6 Å². The third-order valence-electron chi connectivity index (χ3n) is 1.86. The molecule has 0 saturated carbocycles. The van der Waals surface area contributed by atoms with Gasteiger partial charge in [0.15, 0.2) is 0 Å². The summed E-state index contributed by atoms with van der Waals surface area (Å²) < 4.78 is 5.39. The summed E-state index contributed by atoms with van der Waals surface area (Å²) in [5.74, 6) is 1.57. The van der Waals surface area contributed by atoms with Crippen LogP contribution in [0.3, 0.4) is 0 Å². The lowest BCUT2D eigenvalue weighted by molar-refractivity contribution is 0.470. The van der Waals surface area contributed by atoms with Crippen LogP contribution in [0, 0.1) is 0 Å². The van der Waals surface area contributed by atoms with Crippen molar-refractivity contribution in [2.24, 2.45) is 0 Å². The number of ether oxygens (including phenoxy) is 1. The molecule has 0 N–H and O–H groups in total. The van der Waals surface area contributed by atoms with Crippen molar-refractivity contribution in [1.29, 1.82) is 0 Å². The van der Waals surface area contributed by atoms with E-state index in [1.807, 2.05) is 30.3 Å². The number of aromatic nitrogens is 1. The Balaban J connectivity index is 2.65. The van der Waals surface area contributed by atoms with Crippen LogP contribution >= 0.6 is 0 Å². The maximum Gasteiger partial charge on any atom is 0.219 e. The number of benzene rings is 1. The van der Waals surface area contributed by atoms with Crippen LogP contribution in [0.1, 0.15) is 0 Å². The predicted molar refractivity (Wildman–Crippen MR) is 41.8 cm³/mol. The molecule has 3 aliphatic heterocycles. The van der Waals surface area contributed by atoms with Gasteiger partial charge in [-0.15, -0.1) is 0 Å². The summed E-state index contributed by atoms with van der Waals surface area (Å²) in [5.41, 5.74) is 1.00. The van der Waals surface area contributed by atoms with Gasteiger partial charge in [0.1, 0.15) is 5.75 Å². The highest BCUT2D eigenvalue weighted by Crippen LogP contribution is 2.29. The first kappa shape index (κ1) is 5.13. The SMILES string of the molecule is c1cc2nc3ccc2cc1O3. The fourth-order valence-electron chi connectivity index (χ4n) is 1.33. The van der Waals surface area contributed by atoms with Gasteiger partial charge in [0.25, 0.3) is 0 Å². The first-order valence-corrected chi connectivity index (χ1v) is 3.50. The van der Waals surface area contributed by atoms with Crippen molar-refractivity contribution >= 4 is 10.9 Å². The Morgan fingerprint density at radius 1 is 1.09 bits per heavy atom. The summed E-state index contributed by atoms with van der Waals surface area (Å²) in [6.45, 7) is 0. The van der Waals surface area contributed by atoms with Crippen LogP contribution in [0.25, 0.3) is 10.9 Å². The molecule has 2 aromatic rings. The van der Waals surface area contributed by atoms with Crippen molar-refractivity contribution in [1.82, 2.24) is 4.98 Å². The minimum atomic E-state index is 0.692. The first-order chi connectivity index (χ1) is 5.42. The highest BCUT2D eigenvalue weighted by molar-refractivity contribution is 5.81. The maximum atomic E-state index is 5.39. The van der Waals surface area contributed by atoms with E-state index in [4.69, 9.17) is 4.74 Å². The summed E-state index contributed by atoms with van der Waals surface area (Å²) in [6, 6.07) is 9.81. The molecule has 3 aliphatic rings. The molecule has 4 heterocycles. The normalized spacial score (nSPS) is 12.4. The fourth-order valence-corrected chi connectivity index (χ4v) is 1.33. The van der Waals surface area contributed by atoms with Crippen molar-refractivity contribution in [3.63, 3.8) is 0 Å². The van der Waals surface area contributed by atoms with Crippen molar-refractivity contribution in [2.75, 3.05) is 0 Å². The average Bonchev–Trinajstić information content (AvgIpc) is 2.37. The molecule has 0 unspecified atom stereocenters. The van der Waals surface area contributed by atoms with Gasteiger partial charge >= 0.3 is 0 Å². The highest BCUT2D eigenvalue weighted by Gasteiger charge is 2.07. The molecular formula is C9H5NO. The van der Waals surface area contributed by atoms with Gasteiger partial charge in [-0.25, -0.2) is 4.98 Å². The third-order valence-corrected chi connectivity index (χ3v) is 1.86. The number of pyridine rings is 1. The fraction of sp³-hybridized carbons (Fsp3) is 0. The molecule has 0 spiro atoms. The summed E-state index contributed by atoms with van der Waals surface area (Å²) in [7, 11) is 0. The molecule has 2 heteroatoms. The van der Waals surface area contributed by atoms with Gasteiger partial charge in [0, 0.05) is 11.5 Å². The molecule has 0 saturated heterocycles. The second-order valence-corrected chi connectivity index (χ2v) is 2.61. The molecule has 0 radical (unpaired) electrons. The Morgan fingerprint density at radius 3 is 3.09 bits per heavy atom. The van der Waals surface area contributed by atoms with E-state index in [0.29, 0.717) is 5.88 Å². The lowest BCUT2D eigenvalue weighted by Crippen LogP contribution is -1.79. The molecule has 52 valence electrons. The quantitative estimate of drug-likeness (QED) is 0.482. The molecule has 2 nitrogen and oxygen atoms in total. The summed E-state index contributed by atoms with van der Waals surface area (Å²) >= 11 is 0. The molecule has 0 atom stereocenters. The Hall–Kier alpha value is -1.57. The molecule has 0 aliphatic carbocycles. The Labute approximate surface area is 63.4 Å². The van der Waals surface area contributed by atoms with E-state index in [1.54, 1.807) is 0 Å². The number of fused-ring (bicyclic) bond motifs is 2. The van der Waals surface area contributed by atoms with E-state index in [9.17, 15) is 0 Å². The van der Waals surface area contributed by atoms with Gasteiger partial charge in [-0.3, -0.25) is 0 Å². The minimum absolute atomic E-state index is 0.692. The number of hydrogen-bond donors (Lipinski definition) is 0. The second kappa shape index (κ2) is 1.53. The zero-order valence-corrected chi connectivity index (χ0v) is 5.74. The lowest BCUT2D eigenvalue weighted by Gasteiger charge is -1.95. The Bertz CT molecular complexity index is 395. The Morgan fingerprint density at radius 2 is 2.09 bits per heavy atom. The molecule has 4 bridgehead atoms. The van der Waals surface area contributed by atoms with Crippen molar-refractivity contribution in [2.45, 2.75) is 0 Å². The highest BCUT2D eigenvalue weighted by atomic mass is 16.5. The smallest absolute Gasteiger partial charge is 0.219 e. The summed E-state index contributed by atoms with van der Waals surface area (Å²) in [5, 5.41) is 1.14. The lowest BCUT2D eigenvalue weighted by atomic mass is 10.2. The van der Waals surface area contributed by atoms with Gasteiger partial charge < -0.3 is 4.74 Å². The largest absolute Gasteiger partial charge is 0.439 e. The van der Waals surface area contributed by atoms with E-state index in [0.717, 1.165) is 16.7 Å². The van der Waals surface area contributed by atoms with Gasteiger partial charge in [-0.1, -0.05) is 0 Å². The van der Waals surface area contributed by atoms with Crippen LogP contribution in [-0.2, 0) is 0 Å². The van der Waals surface area contributed by atoms with Gasteiger partial charge in [0.2, 0.25) is 5.88 Å². The topological polar surface area (TPSA) is 22.1 Å². The van der Waals surface area contributed by atoms with E-state index in [-0.39, 0.29) is 0 Å². The first-order valence-electron chi connectivity index (χ1n) is 3.50. The monoisotopic (exact) mass is 143 g/mol. The molecule has 0 amide bonds. The molecule has 1 aromatic heterocycles.